The Hall–Kier alpha value is -3.14. The van der Waals surface area contributed by atoms with Crippen molar-refractivity contribution in [2.75, 3.05) is 18.5 Å². The maximum atomic E-state index is 11.9. The second kappa shape index (κ2) is 10.7. The molecule has 0 N–H and O–H groups in total. The lowest BCUT2D eigenvalue weighted by Gasteiger charge is -2.27. The van der Waals surface area contributed by atoms with Gasteiger partial charge in [-0.15, -0.1) is 0 Å². The van der Waals surface area contributed by atoms with E-state index in [0.717, 1.165) is 25.8 Å². The summed E-state index contributed by atoms with van der Waals surface area (Å²) in [5.41, 5.74) is 7.83. The average Bonchev–Trinajstić information content (AvgIpc) is 3.18. The number of carbonyl (C=O) groups is 1. The van der Waals surface area contributed by atoms with E-state index in [2.05, 4.69) is 111 Å². The number of carbonyl (C=O) groups excluding carboxylic acids is 1. The molecule has 4 nitrogen and oxygen atoms in total. The molecular formula is C33H43N2O2+. The number of ether oxygens (including phenoxy) is 1. The van der Waals surface area contributed by atoms with Crippen molar-refractivity contribution in [2.24, 2.45) is 0 Å². The van der Waals surface area contributed by atoms with Crippen molar-refractivity contribution in [3.8, 4) is 0 Å². The number of para-hydroxylation sites is 2. The van der Waals surface area contributed by atoms with Gasteiger partial charge in [0.1, 0.15) is 7.05 Å². The Morgan fingerprint density at radius 2 is 1.62 bits per heavy atom. The molecule has 0 saturated heterocycles. The Morgan fingerprint density at radius 3 is 2.32 bits per heavy atom. The maximum Gasteiger partial charge on any atom is 0.306 e. The first-order chi connectivity index (χ1) is 17.5. The predicted molar refractivity (Wildman–Crippen MR) is 154 cm³/mol. The minimum atomic E-state index is -0.0900. The molecule has 0 aliphatic carbocycles. The number of hydrogen-bond donors (Lipinski definition) is 0. The van der Waals surface area contributed by atoms with Gasteiger partial charge in [0.25, 0.3) is 0 Å². The summed E-state index contributed by atoms with van der Waals surface area (Å²) in [5, 5.41) is 0. The highest BCUT2D eigenvalue weighted by Crippen LogP contribution is 2.47. The lowest BCUT2D eigenvalue weighted by atomic mass is 9.81. The van der Waals surface area contributed by atoms with E-state index in [-0.39, 0.29) is 22.9 Å². The molecule has 0 radical (unpaired) electrons. The third kappa shape index (κ3) is 5.30. The van der Waals surface area contributed by atoms with Crippen LogP contribution in [0.15, 0.2) is 72.5 Å². The summed E-state index contributed by atoms with van der Waals surface area (Å²) in [4.78, 5) is 14.4. The van der Waals surface area contributed by atoms with Crippen LogP contribution in [0.25, 0.3) is 0 Å². The summed E-state index contributed by atoms with van der Waals surface area (Å²) >= 11 is 0. The highest BCUT2D eigenvalue weighted by molar-refractivity contribution is 6.03. The SMILES string of the molecule is CC(C)OC(=O)CCCCCN1C(=CC=CC2=[N+](C)c3ccccc3C2(C)C)C(C)(C)c2ccccc21. The van der Waals surface area contributed by atoms with Crippen molar-refractivity contribution in [1.29, 1.82) is 0 Å². The van der Waals surface area contributed by atoms with Gasteiger partial charge in [0.15, 0.2) is 5.71 Å². The summed E-state index contributed by atoms with van der Waals surface area (Å²) < 4.78 is 7.60. The molecule has 2 aromatic carbocycles. The summed E-state index contributed by atoms with van der Waals surface area (Å²) in [7, 11) is 2.17. The molecule has 2 heterocycles. The van der Waals surface area contributed by atoms with Crippen LogP contribution < -0.4 is 4.90 Å². The van der Waals surface area contributed by atoms with Gasteiger partial charge in [0, 0.05) is 47.5 Å². The Labute approximate surface area is 223 Å². The number of esters is 1. The van der Waals surface area contributed by atoms with Crippen molar-refractivity contribution >= 4 is 23.1 Å². The first-order valence-corrected chi connectivity index (χ1v) is 13.7. The van der Waals surface area contributed by atoms with Crippen LogP contribution in [-0.2, 0) is 20.4 Å². The van der Waals surface area contributed by atoms with E-state index in [1.54, 1.807) is 0 Å². The largest absolute Gasteiger partial charge is 0.463 e. The van der Waals surface area contributed by atoms with E-state index < -0.39 is 0 Å². The number of benzene rings is 2. The first kappa shape index (κ1) is 26.9. The monoisotopic (exact) mass is 499 g/mol. The van der Waals surface area contributed by atoms with Gasteiger partial charge in [0.2, 0.25) is 5.69 Å². The molecule has 4 heteroatoms. The van der Waals surface area contributed by atoms with E-state index in [1.165, 1.54) is 33.9 Å². The van der Waals surface area contributed by atoms with Crippen LogP contribution in [0.2, 0.25) is 0 Å². The molecule has 0 atom stereocenters. The number of allylic oxidation sites excluding steroid dienone is 4. The molecule has 2 aliphatic rings. The van der Waals surface area contributed by atoms with Gasteiger partial charge in [-0.1, -0.05) is 62.7 Å². The van der Waals surface area contributed by atoms with Crippen LogP contribution in [0.4, 0.5) is 11.4 Å². The zero-order valence-corrected chi connectivity index (χ0v) is 23.7. The van der Waals surface area contributed by atoms with Crippen LogP contribution in [-0.4, -0.2) is 36.0 Å². The molecular weight excluding hydrogens is 456 g/mol. The van der Waals surface area contributed by atoms with Crippen LogP contribution in [0.1, 0.15) is 78.4 Å². The lowest BCUT2D eigenvalue weighted by Crippen LogP contribution is -2.27. The van der Waals surface area contributed by atoms with Crippen LogP contribution in [0.5, 0.6) is 0 Å². The summed E-state index contributed by atoms with van der Waals surface area (Å²) in [6, 6.07) is 17.5. The Bertz CT molecular complexity index is 1250. The second-order valence-electron chi connectivity index (χ2n) is 11.6. The zero-order chi connectivity index (χ0) is 26.8. The fraction of sp³-hybridized carbons (Fsp3) is 0.455. The topological polar surface area (TPSA) is 32.5 Å². The Morgan fingerprint density at radius 1 is 0.946 bits per heavy atom. The third-order valence-electron chi connectivity index (χ3n) is 7.88. The fourth-order valence-corrected chi connectivity index (χ4v) is 5.95. The molecule has 0 aromatic heterocycles. The molecule has 0 unspecified atom stereocenters. The smallest absolute Gasteiger partial charge is 0.306 e. The molecule has 37 heavy (non-hydrogen) atoms. The zero-order valence-electron chi connectivity index (χ0n) is 23.7. The van der Waals surface area contributed by atoms with Gasteiger partial charge in [-0.05, 0) is 58.2 Å². The van der Waals surface area contributed by atoms with E-state index in [4.69, 9.17) is 4.74 Å². The van der Waals surface area contributed by atoms with Crippen LogP contribution in [0.3, 0.4) is 0 Å². The molecule has 2 aliphatic heterocycles. The molecule has 2 aromatic rings. The van der Waals surface area contributed by atoms with Gasteiger partial charge >= 0.3 is 5.97 Å². The van der Waals surface area contributed by atoms with Crippen LogP contribution >= 0.6 is 0 Å². The molecule has 196 valence electrons. The van der Waals surface area contributed by atoms with E-state index >= 15 is 0 Å². The molecule has 0 saturated carbocycles. The number of fused-ring (bicyclic) bond motifs is 2. The first-order valence-electron chi connectivity index (χ1n) is 13.7. The van der Waals surface area contributed by atoms with Gasteiger partial charge in [0.05, 0.1) is 11.5 Å². The highest BCUT2D eigenvalue weighted by Gasteiger charge is 2.43. The second-order valence-corrected chi connectivity index (χ2v) is 11.6. The number of unbranched alkanes of at least 4 members (excludes halogenated alkanes) is 2. The number of nitrogens with zero attached hydrogens (tertiary/aromatic N) is 2. The Balaban J connectivity index is 1.52. The molecule has 0 spiro atoms. The average molecular weight is 500 g/mol. The summed E-state index contributed by atoms with van der Waals surface area (Å²) in [6.07, 6.45) is 10.2. The molecule has 0 fully saturated rings. The summed E-state index contributed by atoms with van der Waals surface area (Å²) in [5.74, 6) is -0.0900. The van der Waals surface area contributed by atoms with Gasteiger partial charge in [-0.25, -0.2) is 0 Å². The quantitative estimate of drug-likeness (QED) is 0.204. The fourth-order valence-electron chi connectivity index (χ4n) is 5.95. The maximum absolute atomic E-state index is 11.9. The van der Waals surface area contributed by atoms with Crippen molar-refractivity contribution in [3.63, 3.8) is 0 Å². The standard InChI is InChI=1S/C33H43N2O2/c1-24(2)37-31(36)22-9-8-14-23-35-28-19-13-11-17-26(28)33(5,6)30(35)21-15-20-29-32(3,4)25-16-10-12-18-27(25)34(29)7/h10-13,15-21,24H,8-9,14,22-23H2,1-7H3/q+1. The highest BCUT2D eigenvalue weighted by atomic mass is 16.5. The van der Waals surface area contributed by atoms with Crippen molar-refractivity contribution in [1.82, 2.24) is 0 Å². The van der Waals surface area contributed by atoms with Crippen molar-refractivity contribution < 1.29 is 14.1 Å². The van der Waals surface area contributed by atoms with E-state index in [9.17, 15) is 4.79 Å². The van der Waals surface area contributed by atoms with Crippen LogP contribution in [0, 0.1) is 0 Å². The van der Waals surface area contributed by atoms with E-state index in [1.807, 2.05) is 13.8 Å². The minimum absolute atomic E-state index is 0.0368. The predicted octanol–water partition coefficient (Wildman–Crippen LogP) is 7.44. The van der Waals surface area contributed by atoms with E-state index in [0.29, 0.717) is 6.42 Å². The van der Waals surface area contributed by atoms with Crippen molar-refractivity contribution in [3.05, 3.63) is 83.6 Å². The molecule has 0 bridgehead atoms. The number of anilines is 1. The summed E-state index contributed by atoms with van der Waals surface area (Å²) in [6.45, 7) is 14.0. The van der Waals surface area contributed by atoms with Gasteiger partial charge in [-0.3, -0.25) is 4.79 Å². The molecule has 0 amide bonds. The third-order valence-corrected chi connectivity index (χ3v) is 7.88. The van der Waals surface area contributed by atoms with Crippen molar-refractivity contribution in [2.45, 2.75) is 84.2 Å². The molecule has 4 rings (SSSR count). The van der Waals surface area contributed by atoms with Gasteiger partial charge in [-0.2, -0.15) is 4.58 Å². The Kier molecular flexibility index (Phi) is 7.77. The number of hydrogen-bond acceptors (Lipinski definition) is 3. The number of rotatable bonds is 9. The van der Waals surface area contributed by atoms with Gasteiger partial charge < -0.3 is 9.64 Å². The normalized spacial score (nSPS) is 18.7. The lowest BCUT2D eigenvalue weighted by molar-refractivity contribution is -0.401. The minimum Gasteiger partial charge on any atom is -0.463 e.